The van der Waals surface area contributed by atoms with Crippen molar-refractivity contribution in [1.29, 1.82) is 0 Å². The molecular weight excluding hydrogens is 1280 g/mol. The molecule has 8 nitrogen and oxygen atoms in total. The highest BCUT2D eigenvalue weighted by molar-refractivity contribution is 9.10. The van der Waals surface area contributed by atoms with Crippen LogP contribution in [-0.2, 0) is 0 Å². The van der Waals surface area contributed by atoms with Gasteiger partial charge >= 0.3 is 0 Å². The van der Waals surface area contributed by atoms with Crippen molar-refractivity contribution in [3.8, 4) is 0 Å². The standard InChI is InChI=1S/C72H121BrN8S7/c1-8-15-22-29-36-43-50-82-58-57(73)65-74-66(58)76-68-61(85-53-46-39-32-25-18-11-4)62(86-54-47-40-33-26-19-12-5)70(78-68)80-72-64(88-56-49-42-35-28-21-14-7)63(87-55-48-41-34-27-20-13-6)71(81-72)79-69-60(84-52-45-38-31-24-17-10-3)59(67(75-65)77-69)83-51-44-37-30-23-16-9-2/h8-56H2,1-7H3,(H2,74,75,76,77,78,79,80,81). The minimum atomic E-state index is 0.759. The summed E-state index contributed by atoms with van der Waals surface area (Å²) in [5.74, 6) is 10.3. The van der Waals surface area contributed by atoms with E-state index in [9.17, 15) is 0 Å². The fourth-order valence-electron chi connectivity index (χ4n) is 11.0. The zero-order valence-electron chi connectivity index (χ0n) is 56.6. The summed E-state index contributed by atoms with van der Waals surface area (Å²) in [4.78, 5) is 50.5. The zero-order valence-corrected chi connectivity index (χ0v) is 63.9. The summed E-state index contributed by atoms with van der Waals surface area (Å²) in [7, 11) is 0. The van der Waals surface area contributed by atoms with Gasteiger partial charge in [0.15, 0.2) is 23.3 Å². The molecule has 5 rings (SSSR count). The van der Waals surface area contributed by atoms with Gasteiger partial charge in [-0.05, 0) is 101 Å². The molecule has 0 aliphatic carbocycles. The Bertz CT molecular complexity index is 2570. The topological polar surface area (TPSA) is 109 Å². The van der Waals surface area contributed by atoms with E-state index in [0.717, 1.165) is 95.5 Å². The largest absolute Gasteiger partial charge is 0.323 e. The van der Waals surface area contributed by atoms with Crippen LogP contribution in [0.4, 0.5) is 0 Å². The van der Waals surface area contributed by atoms with Gasteiger partial charge in [-0.15, -0.1) is 82.3 Å². The average molecular weight is 1400 g/mol. The van der Waals surface area contributed by atoms with Crippen LogP contribution in [-0.4, -0.2) is 80.1 Å². The Labute approximate surface area is 576 Å². The quantitative estimate of drug-likeness (QED) is 0.0414. The fraction of sp³-hybridized carbons (Fsp3) is 0.778. The molecule has 0 radical (unpaired) electrons. The van der Waals surface area contributed by atoms with E-state index in [1.54, 1.807) is 0 Å². The number of nitrogens with one attached hydrogen (secondary N) is 2. The summed E-state index contributed by atoms with van der Waals surface area (Å²) >= 11 is 18.0. The molecule has 2 aliphatic rings. The van der Waals surface area contributed by atoms with Gasteiger partial charge in [0.25, 0.3) is 0 Å². The average Bonchev–Trinajstić information content (AvgIpc) is 2.93. The third-order valence-electron chi connectivity index (χ3n) is 16.5. The van der Waals surface area contributed by atoms with Gasteiger partial charge in [-0.1, -0.05) is 273 Å². The minimum absolute atomic E-state index is 0.759. The first-order chi connectivity index (χ1) is 43.4. The molecule has 0 amide bonds. The first-order valence-corrected chi connectivity index (χ1v) is 44.0. The van der Waals surface area contributed by atoms with Crippen LogP contribution >= 0.6 is 98.3 Å². The molecule has 0 atom stereocenters. The maximum Gasteiger partial charge on any atom is 0.171 e. The van der Waals surface area contributed by atoms with Crippen molar-refractivity contribution in [2.24, 2.45) is 0 Å². The van der Waals surface area contributed by atoms with E-state index in [2.05, 4.69) is 74.4 Å². The Balaban J connectivity index is 1.82. The lowest BCUT2D eigenvalue weighted by Gasteiger charge is -2.09. The van der Waals surface area contributed by atoms with E-state index < -0.39 is 0 Å². The van der Waals surface area contributed by atoms with Crippen molar-refractivity contribution in [3.63, 3.8) is 0 Å². The molecule has 2 aliphatic heterocycles. The predicted octanol–water partition coefficient (Wildman–Crippen LogP) is 27.0. The zero-order chi connectivity index (χ0) is 62.5. The third-order valence-corrected chi connectivity index (χ3v) is 26.1. The monoisotopic (exact) mass is 1400 g/mol. The molecule has 88 heavy (non-hydrogen) atoms. The number of aromatic amines is 2. The normalized spacial score (nSPS) is 12.7. The molecule has 0 spiro atoms. The number of hydrogen-bond donors (Lipinski definition) is 2. The van der Waals surface area contributed by atoms with Gasteiger partial charge in [0.1, 0.15) is 22.6 Å². The number of rotatable bonds is 56. The van der Waals surface area contributed by atoms with E-state index in [-0.39, 0.29) is 0 Å². The molecule has 498 valence electrons. The van der Waals surface area contributed by atoms with E-state index in [1.807, 2.05) is 82.3 Å². The summed E-state index contributed by atoms with van der Waals surface area (Å²) in [6.45, 7) is 16.2. The summed E-state index contributed by atoms with van der Waals surface area (Å²) in [5.41, 5.74) is 3.41. The number of aromatic nitrogens is 8. The van der Waals surface area contributed by atoms with Gasteiger partial charge in [0.05, 0.1) is 38.8 Å². The van der Waals surface area contributed by atoms with Crippen molar-refractivity contribution in [3.05, 3.63) is 27.8 Å². The lowest BCUT2D eigenvalue weighted by molar-refractivity contribution is 0.627. The summed E-state index contributed by atoms with van der Waals surface area (Å²) in [6, 6.07) is 0. The van der Waals surface area contributed by atoms with Crippen molar-refractivity contribution in [2.45, 2.75) is 333 Å². The minimum Gasteiger partial charge on any atom is -0.323 e. The molecule has 3 aromatic rings. The van der Waals surface area contributed by atoms with Crippen molar-refractivity contribution >= 4 is 140 Å². The highest BCUT2D eigenvalue weighted by atomic mass is 79.9. The second kappa shape index (κ2) is 50.6. The maximum absolute atomic E-state index is 5.84. The Morgan fingerprint density at radius 1 is 0.227 bits per heavy atom. The van der Waals surface area contributed by atoms with Crippen LogP contribution < -0.4 is 0 Å². The van der Waals surface area contributed by atoms with E-state index >= 15 is 0 Å². The smallest absolute Gasteiger partial charge is 0.171 e. The highest BCUT2D eigenvalue weighted by Gasteiger charge is 2.29. The van der Waals surface area contributed by atoms with E-state index in [4.69, 9.17) is 29.9 Å². The van der Waals surface area contributed by atoms with Gasteiger partial charge in [0, 0.05) is 0 Å². The SMILES string of the molecule is CCCCCCCCSC1=C(SCCCCCCCC)c2nc1nc1nc(nc3[nH]c(nc4[nH]c(n2)c(Br)c4SCCCCCCCC)c(SCCCCCCCC)c3SCCCCCCCC)C(SCCCCCCCC)=C1SCCCCCCCC. The van der Waals surface area contributed by atoms with Crippen molar-refractivity contribution in [1.82, 2.24) is 39.9 Å². The number of nitrogens with zero attached hydrogens (tertiary/aromatic N) is 6. The van der Waals surface area contributed by atoms with Gasteiger partial charge in [-0.3, -0.25) is 0 Å². The van der Waals surface area contributed by atoms with Crippen LogP contribution in [0.5, 0.6) is 0 Å². The first kappa shape index (κ1) is 78.0. The lowest BCUT2D eigenvalue weighted by atomic mass is 10.1. The fourth-order valence-corrected chi connectivity index (χ4v) is 19.8. The van der Waals surface area contributed by atoms with Gasteiger partial charge in [0.2, 0.25) is 0 Å². The third kappa shape index (κ3) is 29.9. The van der Waals surface area contributed by atoms with Crippen LogP contribution in [0.1, 0.15) is 341 Å². The lowest BCUT2D eigenvalue weighted by Crippen LogP contribution is -1.93. The number of H-pyrrole nitrogens is 2. The Kier molecular flexibility index (Phi) is 44.9. The Morgan fingerprint density at radius 3 is 0.727 bits per heavy atom. The first-order valence-electron chi connectivity index (χ1n) is 36.3. The van der Waals surface area contributed by atoms with Crippen LogP contribution in [0.25, 0.3) is 42.2 Å². The molecular formula is C72H121BrN8S7. The predicted molar refractivity (Wildman–Crippen MR) is 409 cm³/mol. The van der Waals surface area contributed by atoms with E-state index in [0.29, 0.717) is 0 Å². The Morgan fingerprint density at radius 2 is 0.432 bits per heavy atom. The van der Waals surface area contributed by atoms with Gasteiger partial charge in [-0.2, -0.15) is 0 Å². The summed E-state index contributed by atoms with van der Waals surface area (Å²) in [5, 5.41) is 0. The van der Waals surface area contributed by atoms with Gasteiger partial charge < -0.3 is 9.97 Å². The molecule has 8 bridgehead atoms. The molecule has 0 aromatic carbocycles. The second-order valence-electron chi connectivity index (χ2n) is 24.5. The maximum atomic E-state index is 5.84. The van der Waals surface area contributed by atoms with Crippen LogP contribution in [0, 0.1) is 0 Å². The number of thioether (sulfide) groups is 7. The van der Waals surface area contributed by atoms with Crippen LogP contribution in [0.2, 0.25) is 0 Å². The molecule has 2 N–H and O–H groups in total. The van der Waals surface area contributed by atoms with E-state index in [1.165, 1.54) is 299 Å². The van der Waals surface area contributed by atoms with Crippen LogP contribution in [0.3, 0.4) is 0 Å². The number of halogens is 1. The molecule has 5 heterocycles. The number of hydrogen-bond acceptors (Lipinski definition) is 13. The highest BCUT2D eigenvalue weighted by Crippen LogP contribution is 2.48. The summed E-state index contributed by atoms with van der Waals surface area (Å²) < 4.78 is 0.971. The van der Waals surface area contributed by atoms with Crippen LogP contribution in [0.15, 0.2) is 19.2 Å². The number of fused-ring (bicyclic) bond motifs is 8. The summed E-state index contributed by atoms with van der Waals surface area (Å²) in [6.07, 6.45) is 53.4. The number of unbranched alkanes of at least 4 members (excludes halogenated alkanes) is 35. The molecule has 0 fully saturated rings. The van der Waals surface area contributed by atoms with Crippen molar-refractivity contribution < 1.29 is 0 Å². The van der Waals surface area contributed by atoms with Gasteiger partial charge in [-0.25, -0.2) is 29.9 Å². The van der Waals surface area contributed by atoms with Crippen molar-refractivity contribution in [2.75, 3.05) is 40.3 Å². The Hall–Kier alpha value is -0.750. The molecule has 3 aromatic heterocycles. The molecule has 16 heteroatoms. The second-order valence-corrected chi connectivity index (χ2v) is 33.1. The molecule has 0 saturated carbocycles. The molecule has 0 saturated heterocycles. The molecule has 0 unspecified atom stereocenters.